The van der Waals surface area contributed by atoms with Gasteiger partial charge in [-0.05, 0) is 19.3 Å². The normalized spacial score (nSPS) is 22.9. The van der Waals surface area contributed by atoms with E-state index in [4.69, 9.17) is 18.9 Å². The monoisotopic (exact) mass is 252 g/mol. The predicted molar refractivity (Wildman–Crippen MR) is 56.9 cm³/mol. The number of ether oxygens (including phenoxy) is 1. The third kappa shape index (κ3) is 6.35. The molecular weight excluding hydrogens is 235 g/mol. The van der Waals surface area contributed by atoms with Crippen molar-refractivity contribution in [3.8, 4) is 0 Å². The molecule has 7 heteroatoms. The van der Waals surface area contributed by atoms with E-state index in [0.717, 1.165) is 25.9 Å². The highest BCUT2D eigenvalue weighted by molar-refractivity contribution is 7.40. The first-order chi connectivity index (χ1) is 7.68. The van der Waals surface area contributed by atoms with Gasteiger partial charge in [0.1, 0.15) is 0 Å². The smallest absolute Gasteiger partial charge is 0.329 e. The zero-order chi connectivity index (χ0) is 11.8. The number of hydrogen-bond acceptors (Lipinski definition) is 5. The zero-order valence-electron chi connectivity index (χ0n) is 9.00. The lowest BCUT2D eigenvalue weighted by atomic mass is 10.1. The van der Waals surface area contributed by atoms with Gasteiger partial charge >= 0.3 is 14.6 Å². The molecule has 1 saturated heterocycles. The maximum Gasteiger partial charge on any atom is 0.329 e. The van der Waals surface area contributed by atoms with Crippen LogP contribution in [0.1, 0.15) is 25.7 Å². The van der Waals surface area contributed by atoms with Crippen molar-refractivity contribution < 1.29 is 28.6 Å². The van der Waals surface area contributed by atoms with Crippen molar-refractivity contribution in [3.05, 3.63) is 0 Å². The van der Waals surface area contributed by atoms with Crippen LogP contribution in [0.4, 0.5) is 0 Å². The molecule has 2 atom stereocenters. The van der Waals surface area contributed by atoms with Gasteiger partial charge in [-0.1, -0.05) is 0 Å². The van der Waals surface area contributed by atoms with Crippen molar-refractivity contribution >= 4 is 14.6 Å². The van der Waals surface area contributed by atoms with Crippen LogP contribution >= 0.6 is 8.60 Å². The first kappa shape index (κ1) is 13.8. The third-order valence-corrected chi connectivity index (χ3v) is 2.94. The molecule has 1 rings (SSSR count). The molecule has 0 aromatic heterocycles. The van der Waals surface area contributed by atoms with E-state index in [2.05, 4.69) is 0 Å². The molecule has 0 saturated carbocycles. The average molecular weight is 252 g/mol. The van der Waals surface area contributed by atoms with Gasteiger partial charge in [0.25, 0.3) is 0 Å². The van der Waals surface area contributed by atoms with Crippen LogP contribution in [0.2, 0.25) is 0 Å². The van der Waals surface area contributed by atoms with E-state index in [1.54, 1.807) is 0 Å². The molecule has 0 aromatic carbocycles. The quantitative estimate of drug-likeness (QED) is 0.664. The Hall–Kier alpha value is -0.260. The van der Waals surface area contributed by atoms with Gasteiger partial charge in [-0.15, -0.1) is 0 Å². The number of carbonyl (C=O) groups is 1. The second-order valence-corrected chi connectivity index (χ2v) is 4.49. The van der Waals surface area contributed by atoms with E-state index in [0.29, 0.717) is 6.61 Å². The van der Waals surface area contributed by atoms with Crippen LogP contribution in [0, 0.1) is 0 Å². The van der Waals surface area contributed by atoms with Crippen molar-refractivity contribution in [2.24, 2.45) is 0 Å². The van der Waals surface area contributed by atoms with Crippen molar-refractivity contribution in [1.29, 1.82) is 0 Å². The van der Waals surface area contributed by atoms with E-state index in [-0.39, 0.29) is 19.1 Å². The minimum absolute atomic E-state index is 0.0222. The maximum atomic E-state index is 10.2. The summed E-state index contributed by atoms with van der Waals surface area (Å²) < 4.78 is 15.2. The van der Waals surface area contributed by atoms with Crippen molar-refractivity contribution in [2.75, 3.05) is 19.8 Å². The van der Waals surface area contributed by atoms with E-state index in [1.807, 2.05) is 0 Å². The Balaban J connectivity index is 2.00. The minimum atomic E-state index is -1.98. The lowest BCUT2D eigenvalue weighted by molar-refractivity contribution is -0.137. The maximum absolute atomic E-state index is 10.2. The number of carboxylic acid groups (broad SMARTS) is 1. The molecule has 1 heterocycles. The fourth-order valence-corrected chi connectivity index (χ4v) is 1.95. The number of rotatable bonds is 7. The molecule has 2 N–H and O–H groups in total. The fraction of sp³-hybridized carbons (Fsp3) is 0.889. The van der Waals surface area contributed by atoms with Crippen LogP contribution in [0.15, 0.2) is 0 Å². The van der Waals surface area contributed by atoms with Gasteiger partial charge in [0, 0.05) is 6.61 Å². The topological polar surface area (TPSA) is 85.2 Å². The molecule has 1 aliphatic rings. The Morgan fingerprint density at radius 1 is 1.44 bits per heavy atom. The highest BCUT2D eigenvalue weighted by atomic mass is 31.2. The molecule has 0 radical (unpaired) electrons. The van der Waals surface area contributed by atoms with E-state index >= 15 is 0 Å². The molecule has 16 heavy (non-hydrogen) atoms. The Morgan fingerprint density at radius 2 is 2.25 bits per heavy atom. The minimum Gasteiger partial charge on any atom is -0.481 e. The van der Waals surface area contributed by atoms with Crippen molar-refractivity contribution in [3.63, 3.8) is 0 Å². The van der Waals surface area contributed by atoms with Gasteiger partial charge < -0.3 is 23.8 Å². The lowest BCUT2D eigenvalue weighted by Crippen LogP contribution is -2.23. The molecule has 0 spiro atoms. The Kier molecular flexibility index (Phi) is 6.84. The van der Waals surface area contributed by atoms with E-state index in [9.17, 15) is 9.69 Å². The average Bonchev–Trinajstić information content (AvgIpc) is 2.27. The summed E-state index contributed by atoms with van der Waals surface area (Å²) in [5.74, 6) is -0.959. The first-order valence-corrected chi connectivity index (χ1v) is 6.39. The fourth-order valence-electron chi connectivity index (χ4n) is 1.33. The van der Waals surface area contributed by atoms with Crippen LogP contribution in [-0.4, -0.2) is 41.9 Å². The first-order valence-electron chi connectivity index (χ1n) is 5.26. The summed E-state index contributed by atoms with van der Waals surface area (Å²) in [7, 11) is -1.98. The molecule has 2 unspecified atom stereocenters. The van der Waals surface area contributed by atoms with Crippen LogP contribution in [-0.2, 0) is 18.6 Å². The Labute approximate surface area is 95.5 Å². The summed E-state index contributed by atoms with van der Waals surface area (Å²) >= 11 is 0. The van der Waals surface area contributed by atoms with Crippen LogP contribution < -0.4 is 0 Å². The molecule has 0 aliphatic carbocycles. The van der Waals surface area contributed by atoms with Gasteiger partial charge in [-0.2, -0.15) is 0 Å². The van der Waals surface area contributed by atoms with Crippen LogP contribution in [0.5, 0.6) is 0 Å². The summed E-state index contributed by atoms with van der Waals surface area (Å²) in [6.45, 7) is 0.996. The van der Waals surface area contributed by atoms with Crippen molar-refractivity contribution in [1.82, 2.24) is 0 Å². The largest absolute Gasteiger partial charge is 0.481 e. The molecule has 6 nitrogen and oxygen atoms in total. The number of carboxylic acids is 1. The molecule has 0 bridgehead atoms. The Morgan fingerprint density at radius 3 is 2.88 bits per heavy atom. The molecule has 1 aliphatic heterocycles. The predicted octanol–water partition coefficient (Wildman–Crippen LogP) is 1.28. The lowest BCUT2D eigenvalue weighted by Gasteiger charge is -2.22. The van der Waals surface area contributed by atoms with Gasteiger partial charge in [-0.25, -0.2) is 0 Å². The SMILES string of the molecule is O=C(O)CCOP(O)OCC1CCCCO1. The zero-order valence-corrected chi connectivity index (χ0v) is 9.90. The second-order valence-electron chi connectivity index (χ2n) is 3.50. The van der Waals surface area contributed by atoms with E-state index in [1.165, 1.54) is 0 Å². The number of hydrogen-bond donors (Lipinski definition) is 2. The van der Waals surface area contributed by atoms with Gasteiger partial charge in [0.2, 0.25) is 0 Å². The highest BCUT2D eigenvalue weighted by Gasteiger charge is 2.17. The molecule has 0 aromatic rings. The summed E-state index contributed by atoms with van der Waals surface area (Å²) in [4.78, 5) is 19.4. The molecule has 1 fully saturated rings. The summed E-state index contributed by atoms with van der Waals surface area (Å²) in [6.07, 6.45) is 2.99. The summed E-state index contributed by atoms with van der Waals surface area (Å²) in [6, 6.07) is 0. The second kappa shape index (κ2) is 7.92. The highest BCUT2D eigenvalue weighted by Crippen LogP contribution is 2.33. The summed E-state index contributed by atoms with van der Waals surface area (Å²) in [5, 5.41) is 8.34. The molecule has 94 valence electrons. The van der Waals surface area contributed by atoms with Crippen LogP contribution in [0.25, 0.3) is 0 Å². The Bertz CT molecular complexity index is 206. The third-order valence-electron chi connectivity index (χ3n) is 2.16. The standard InChI is InChI=1S/C9H17O6P/c10-9(11)4-6-14-16(12)15-7-8-3-1-2-5-13-8/h8,12H,1-7H2,(H,10,11). The van der Waals surface area contributed by atoms with Gasteiger partial charge in [-0.3, -0.25) is 4.79 Å². The number of aliphatic carboxylic acids is 1. The molecular formula is C9H17O6P. The van der Waals surface area contributed by atoms with Gasteiger partial charge in [0.05, 0.1) is 25.7 Å². The van der Waals surface area contributed by atoms with E-state index < -0.39 is 14.6 Å². The molecule has 0 amide bonds. The summed E-state index contributed by atoms with van der Waals surface area (Å²) in [5.41, 5.74) is 0. The van der Waals surface area contributed by atoms with Gasteiger partial charge in [0.15, 0.2) is 0 Å². The van der Waals surface area contributed by atoms with Crippen molar-refractivity contribution in [2.45, 2.75) is 31.8 Å². The van der Waals surface area contributed by atoms with Crippen LogP contribution in [0.3, 0.4) is 0 Å².